The second kappa shape index (κ2) is 6.77. The maximum absolute atomic E-state index is 13.4. The van der Waals surface area contributed by atoms with E-state index in [4.69, 9.17) is 4.42 Å². The molecule has 1 aliphatic rings. The molecule has 5 heteroatoms. The minimum atomic E-state index is -0.295. The van der Waals surface area contributed by atoms with Crippen molar-refractivity contribution in [3.63, 3.8) is 0 Å². The van der Waals surface area contributed by atoms with Crippen LogP contribution in [0, 0.1) is 0 Å². The summed E-state index contributed by atoms with van der Waals surface area (Å²) in [5.41, 5.74) is 4.94. The van der Waals surface area contributed by atoms with Gasteiger partial charge in [0.2, 0.25) is 0 Å². The molecule has 0 spiro atoms. The molecule has 0 saturated carbocycles. The molecule has 6 rings (SSSR count). The number of para-hydroxylation sites is 2. The van der Waals surface area contributed by atoms with Crippen LogP contribution in [0.1, 0.15) is 27.8 Å². The van der Waals surface area contributed by atoms with Crippen molar-refractivity contribution in [3.05, 3.63) is 102 Å². The van der Waals surface area contributed by atoms with Crippen molar-refractivity contribution in [2.45, 2.75) is 12.7 Å². The molecular weight excluding hydrogens is 386 g/mol. The predicted octanol–water partition coefficient (Wildman–Crippen LogP) is 5.69. The second-order valence-electron chi connectivity index (χ2n) is 7.96. The lowest BCUT2D eigenvalue weighted by Gasteiger charge is -2.37. The Kier molecular flexibility index (Phi) is 3.90. The third kappa shape index (κ3) is 2.74. The van der Waals surface area contributed by atoms with E-state index in [9.17, 15) is 4.79 Å². The number of amides is 1. The largest absolute Gasteiger partial charge is 0.467 e. The molecule has 0 saturated heterocycles. The Labute approximate surface area is 179 Å². The molecular formula is C26H21N3O2. The monoisotopic (exact) mass is 407 g/mol. The summed E-state index contributed by atoms with van der Waals surface area (Å²) in [7, 11) is 2.09. The number of fused-ring (bicyclic) bond motifs is 4. The van der Waals surface area contributed by atoms with E-state index in [1.807, 2.05) is 41.3 Å². The van der Waals surface area contributed by atoms with E-state index < -0.39 is 0 Å². The highest BCUT2D eigenvalue weighted by atomic mass is 16.3. The molecule has 3 aromatic carbocycles. The number of aryl methyl sites for hydroxylation is 1. The van der Waals surface area contributed by atoms with Crippen LogP contribution in [0.5, 0.6) is 0 Å². The first-order valence-electron chi connectivity index (χ1n) is 10.4. The number of anilines is 1. The van der Waals surface area contributed by atoms with Crippen LogP contribution in [-0.2, 0) is 13.6 Å². The summed E-state index contributed by atoms with van der Waals surface area (Å²) in [6.07, 6.45) is 1.35. The van der Waals surface area contributed by atoms with Gasteiger partial charge in [-0.15, -0.1) is 0 Å². The fraction of sp³-hybridized carbons (Fsp3) is 0.115. The Morgan fingerprint density at radius 2 is 1.71 bits per heavy atom. The first-order valence-corrected chi connectivity index (χ1v) is 10.4. The van der Waals surface area contributed by atoms with Crippen molar-refractivity contribution >= 4 is 33.4 Å². The average molecular weight is 407 g/mol. The first kappa shape index (κ1) is 17.8. The van der Waals surface area contributed by atoms with Gasteiger partial charge >= 0.3 is 0 Å². The number of carbonyl (C=O) groups is 1. The zero-order valence-electron chi connectivity index (χ0n) is 17.1. The summed E-state index contributed by atoms with van der Waals surface area (Å²) in [6, 6.07) is 26.3. The maximum atomic E-state index is 13.4. The fourth-order valence-electron chi connectivity index (χ4n) is 4.65. The van der Waals surface area contributed by atoms with Gasteiger partial charge in [-0.1, -0.05) is 36.4 Å². The van der Waals surface area contributed by atoms with Gasteiger partial charge in [-0.05, 0) is 48.0 Å². The van der Waals surface area contributed by atoms with Crippen LogP contribution in [0.25, 0.3) is 21.8 Å². The molecule has 0 radical (unpaired) electrons. The molecule has 5 aromatic rings. The van der Waals surface area contributed by atoms with Crippen molar-refractivity contribution in [3.8, 4) is 0 Å². The fourth-order valence-corrected chi connectivity index (χ4v) is 4.65. The highest BCUT2D eigenvalue weighted by Gasteiger charge is 2.33. The molecule has 1 N–H and O–H groups in total. The van der Waals surface area contributed by atoms with Gasteiger partial charge in [0, 0.05) is 34.5 Å². The van der Waals surface area contributed by atoms with Gasteiger partial charge < -0.3 is 19.2 Å². The molecule has 0 aliphatic carbocycles. The minimum Gasteiger partial charge on any atom is -0.467 e. The van der Waals surface area contributed by atoms with Gasteiger partial charge in [-0.3, -0.25) is 4.79 Å². The highest BCUT2D eigenvalue weighted by molar-refractivity contribution is 6.08. The third-order valence-corrected chi connectivity index (χ3v) is 6.18. The van der Waals surface area contributed by atoms with Crippen LogP contribution in [0.3, 0.4) is 0 Å². The molecule has 1 unspecified atom stereocenters. The Morgan fingerprint density at radius 3 is 2.58 bits per heavy atom. The summed E-state index contributed by atoms with van der Waals surface area (Å²) in [4.78, 5) is 15.3. The van der Waals surface area contributed by atoms with E-state index >= 15 is 0 Å². The standard InChI is InChI=1S/C26H21N3O2/c1-28-23-11-5-3-8-19(23)21-15-17(12-13-24(21)28)25-27-22-10-4-2-9-20(22)26(30)29(25)16-18-7-6-14-31-18/h2-15,25,27H,16H2,1H3. The Balaban J connectivity index is 1.51. The highest BCUT2D eigenvalue weighted by Crippen LogP contribution is 2.37. The lowest BCUT2D eigenvalue weighted by molar-refractivity contribution is 0.0651. The van der Waals surface area contributed by atoms with E-state index in [-0.39, 0.29) is 12.1 Å². The Morgan fingerprint density at radius 1 is 0.903 bits per heavy atom. The summed E-state index contributed by atoms with van der Waals surface area (Å²) in [5.74, 6) is 0.750. The van der Waals surface area contributed by atoms with Crippen molar-refractivity contribution in [1.82, 2.24) is 9.47 Å². The van der Waals surface area contributed by atoms with Crippen LogP contribution in [0.15, 0.2) is 89.5 Å². The molecule has 1 amide bonds. The van der Waals surface area contributed by atoms with Gasteiger partial charge in [0.25, 0.3) is 5.91 Å². The van der Waals surface area contributed by atoms with Crippen LogP contribution >= 0.6 is 0 Å². The van der Waals surface area contributed by atoms with E-state index in [0.29, 0.717) is 12.1 Å². The number of nitrogens with one attached hydrogen (secondary N) is 1. The molecule has 1 aliphatic heterocycles. The molecule has 31 heavy (non-hydrogen) atoms. The quantitative estimate of drug-likeness (QED) is 0.418. The number of benzene rings is 3. The molecule has 5 nitrogen and oxygen atoms in total. The number of furan rings is 1. The van der Waals surface area contributed by atoms with Crippen LogP contribution < -0.4 is 5.32 Å². The van der Waals surface area contributed by atoms with E-state index in [0.717, 1.165) is 17.0 Å². The number of rotatable bonds is 3. The van der Waals surface area contributed by atoms with Crippen molar-refractivity contribution in [2.24, 2.45) is 7.05 Å². The average Bonchev–Trinajstić information content (AvgIpc) is 3.42. The maximum Gasteiger partial charge on any atom is 0.258 e. The number of carbonyl (C=O) groups excluding carboxylic acids is 1. The topological polar surface area (TPSA) is 50.4 Å². The zero-order valence-corrected chi connectivity index (χ0v) is 17.1. The molecule has 1 atom stereocenters. The zero-order chi connectivity index (χ0) is 20.9. The van der Waals surface area contributed by atoms with E-state index in [1.165, 1.54) is 21.8 Å². The number of aromatic nitrogens is 1. The molecule has 2 aromatic heterocycles. The third-order valence-electron chi connectivity index (χ3n) is 6.18. The van der Waals surface area contributed by atoms with Gasteiger partial charge in [0.1, 0.15) is 11.9 Å². The molecule has 0 fully saturated rings. The van der Waals surface area contributed by atoms with Gasteiger partial charge in [-0.25, -0.2) is 0 Å². The normalized spacial score (nSPS) is 16.0. The Bertz CT molecular complexity index is 1430. The molecule has 0 bridgehead atoms. The summed E-state index contributed by atoms with van der Waals surface area (Å²) >= 11 is 0. The van der Waals surface area contributed by atoms with Crippen LogP contribution in [-0.4, -0.2) is 15.4 Å². The lowest BCUT2D eigenvalue weighted by Crippen LogP contribution is -2.42. The van der Waals surface area contributed by atoms with Gasteiger partial charge in [0.15, 0.2) is 0 Å². The summed E-state index contributed by atoms with van der Waals surface area (Å²) in [6.45, 7) is 0.394. The van der Waals surface area contributed by atoms with Gasteiger partial charge in [0.05, 0.1) is 18.4 Å². The smallest absolute Gasteiger partial charge is 0.258 e. The SMILES string of the molecule is Cn1c2ccccc2c2cc(C3Nc4ccccc4C(=O)N3Cc3ccco3)ccc21. The lowest BCUT2D eigenvalue weighted by atomic mass is 10.0. The van der Waals surface area contributed by atoms with Crippen LogP contribution in [0.4, 0.5) is 5.69 Å². The van der Waals surface area contributed by atoms with Crippen molar-refractivity contribution < 1.29 is 9.21 Å². The Hall–Kier alpha value is -3.99. The number of hydrogen-bond donors (Lipinski definition) is 1. The summed E-state index contributed by atoms with van der Waals surface area (Å²) < 4.78 is 7.78. The summed E-state index contributed by atoms with van der Waals surface area (Å²) in [5, 5.41) is 5.97. The molecule has 152 valence electrons. The first-order chi connectivity index (χ1) is 15.2. The number of hydrogen-bond acceptors (Lipinski definition) is 3. The number of nitrogens with zero attached hydrogens (tertiary/aromatic N) is 2. The van der Waals surface area contributed by atoms with Crippen molar-refractivity contribution in [1.29, 1.82) is 0 Å². The minimum absolute atomic E-state index is 0.00577. The van der Waals surface area contributed by atoms with E-state index in [1.54, 1.807) is 6.26 Å². The van der Waals surface area contributed by atoms with Crippen LogP contribution in [0.2, 0.25) is 0 Å². The van der Waals surface area contributed by atoms with Crippen molar-refractivity contribution in [2.75, 3.05) is 5.32 Å². The van der Waals surface area contributed by atoms with E-state index in [2.05, 4.69) is 59.4 Å². The second-order valence-corrected chi connectivity index (χ2v) is 7.96. The molecule has 3 heterocycles. The predicted molar refractivity (Wildman–Crippen MR) is 122 cm³/mol. The van der Waals surface area contributed by atoms with Gasteiger partial charge in [-0.2, -0.15) is 0 Å².